The Morgan fingerprint density at radius 3 is 2.75 bits per heavy atom. The normalized spacial score (nSPS) is 9.88. The Hall–Kier alpha value is -1.70. The first-order valence-electron chi connectivity index (χ1n) is 4.06. The Balaban J connectivity index is 3.19. The van der Waals surface area contributed by atoms with E-state index in [1.165, 1.54) is 17.9 Å². The number of hydrogen-bond acceptors (Lipinski definition) is 5. The average molecular weight is 291 g/mol. The lowest BCUT2D eigenvalue weighted by atomic mass is 10.4. The molecule has 86 valence electrons. The molecule has 1 heterocycles. The van der Waals surface area contributed by atoms with Gasteiger partial charge in [0.15, 0.2) is 0 Å². The molecule has 0 N–H and O–H groups in total. The van der Waals surface area contributed by atoms with E-state index in [-0.39, 0.29) is 11.0 Å². The third kappa shape index (κ3) is 2.66. The van der Waals surface area contributed by atoms with Gasteiger partial charge in [-0.3, -0.25) is 19.7 Å². The molecular weight excluding hydrogens is 284 g/mol. The predicted molar refractivity (Wildman–Crippen MR) is 57.1 cm³/mol. The van der Waals surface area contributed by atoms with Gasteiger partial charge in [-0.05, 0) is 15.9 Å². The minimum Gasteiger partial charge on any atom is -0.468 e. The minimum absolute atomic E-state index is 0.0191. The van der Waals surface area contributed by atoms with Crippen molar-refractivity contribution < 1.29 is 14.5 Å². The van der Waals surface area contributed by atoms with Crippen LogP contribution >= 0.6 is 15.9 Å². The number of carbonyl (C=O) groups excluding carboxylic acids is 1. The van der Waals surface area contributed by atoms with Gasteiger partial charge >= 0.3 is 11.7 Å². The third-order valence-electron chi connectivity index (χ3n) is 1.75. The molecule has 0 saturated heterocycles. The van der Waals surface area contributed by atoms with Gasteiger partial charge in [-0.2, -0.15) is 0 Å². The molecule has 0 bridgehead atoms. The standard InChI is InChI=1S/C8H7BrN2O5/c1-16-7(12)4-10-2-5(9)8(13)6(3-10)11(14)15/h2-3H,4H2,1H3. The van der Waals surface area contributed by atoms with Crippen molar-refractivity contribution >= 4 is 27.6 Å². The highest BCUT2D eigenvalue weighted by molar-refractivity contribution is 9.10. The van der Waals surface area contributed by atoms with Gasteiger partial charge in [0.25, 0.3) is 5.43 Å². The summed E-state index contributed by atoms with van der Waals surface area (Å²) in [7, 11) is 1.20. The second-order valence-corrected chi connectivity index (χ2v) is 3.68. The molecule has 0 saturated carbocycles. The molecule has 0 aliphatic rings. The number of carbonyl (C=O) groups is 1. The first-order chi connectivity index (χ1) is 7.45. The smallest absolute Gasteiger partial charge is 0.333 e. The molecule has 7 nitrogen and oxygen atoms in total. The Morgan fingerprint density at radius 1 is 1.62 bits per heavy atom. The summed E-state index contributed by atoms with van der Waals surface area (Å²) in [6.45, 7) is -0.198. The maximum absolute atomic E-state index is 11.3. The van der Waals surface area contributed by atoms with Crippen LogP contribution in [0.2, 0.25) is 0 Å². The molecule has 8 heteroatoms. The first-order valence-corrected chi connectivity index (χ1v) is 4.85. The predicted octanol–water partition coefficient (Wildman–Crippen LogP) is 0.692. The topological polar surface area (TPSA) is 91.4 Å². The molecule has 1 aromatic rings. The molecule has 0 aliphatic heterocycles. The highest BCUT2D eigenvalue weighted by Crippen LogP contribution is 2.10. The van der Waals surface area contributed by atoms with Crippen molar-refractivity contribution in [3.8, 4) is 0 Å². The van der Waals surface area contributed by atoms with Crippen LogP contribution in [0.5, 0.6) is 0 Å². The number of nitro groups is 1. The van der Waals surface area contributed by atoms with Crippen LogP contribution in [-0.4, -0.2) is 22.6 Å². The second kappa shape index (κ2) is 4.88. The monoisotopic (exact) mass is 290 g/mol. The van der Waals surface area contributed by atoms with Crippen LogP contribution in [0.1, 0.15) is 0 Å². The number of nitrogens with zero attached hydrogens (tertiary/aromatic N) is 2. The van der Waals surface area contributed by atoms with Crippen molar-refractivity contribution in [2.75, 3.05) is 7.11 Å². The molecule has 1 aromatic heterocycles. The SMILES string of the molecule is COC(=O)Cn1cc(Br)c(=O)c([N+](=O)[O-])c1. The molecule has 1 rings (SSSR count). The number of halogens is 1. The Bertz CT molecular complexity index is 496. The quantitative estimate of drug-likeness (QED) is 0.464. The molecule has 0 radical (unpaired) electrons. The van der Waals surface area contributed by atoms with Crippen LogP contribution in [0.15, 0.2) is 21.7 Å². The van der Waals surface area contributed by atoms with Gasteiger partial charge in [-0.15, -0.1) is 0 Å². The van der Waals surface area contributed by atoms with Gasteiger partial charge < -0.3 is 9.30 Å². The van der Waals surface area contributed by atoms with E-state index in [4.69, 9.17) is 0 Å². The number of aromatic nitrogens is 1. The minimum atomic E-state index is -0.805. The van der Waals surface area contributed by atoms with E-state index in [9.17, 15) is 19.7 Å². The number of methoxy groups -OCH3 is 1. The van der Waals surface area contributed by atoms with E-state index in [2.05, 4.69) is 20.7 Å². The Labute approximate surface area is 97.9 Å². The van der Waals surface area contributed by atoms with Gasteiger partial charge in [0.05, 0.1) is 22.7 Å². The highest BCUT2D eigenvalue weighted by Gasteiger charge is 2.16. The summed E-state index contributed by atoms with van der Waals surface area (Å²) in [6.07, 6.45) is 2.27. The second-order valence-electron chi connectivity index (χ2n) is 2.83. The number of ether oxygens (including phenoxy) is 1. The summed E-state index contributed by atoms with van der Waals surface area (Å²) in [5.41, 5.74) is -1.33. The lowest BCUT2D eigenvalue weighted by Crippen LogP contribution is -2.17. The average Bonchev–Trinajstić information content (AvgIpc) is 2.22. The van der Waals surface area contributed by atoms with E-state index >= 15 is 0 Å². The zero-order valence-electron chi connectivity index (χ0n) is 8.18. The van der Waals surface area contributed by atoms with Crippen molar-refractivity contribution in [2.24, 2.45) is 0 Å². The van der Waals surface area contributed by atoms with E-state index in [0.717, 1.165) is 6.20 Å². The van der Waals surface area contributed by atoms with Crippen LogP contribution in [0.25, 0.3) is 0 Å². The zero-order valence-corrected chi connectivity index (χ0v) is 9.76. The van der Waals surface area contributed by atoms with Gasteiger partial charge in [0, 0.05) is 6.20 Å². The van der Waals surface area contributed by atoms with Gasteiger partial charge in [-0.25, -0.2) is 0 Å². The third-order valence-corrected chi connectivity index (χ3v) is 2.32. The summed E-state index contributed by atoms with van der Waals surface area (Å²) in [4.78, 5) is 32.0. The number of pyridine rings is 1. The molecular formula is C8H7BrN2O5. The van der Waals surface area contributed by atoms with Crippen molar-refractivity contribution in [2.45, 2.75) is 6.54 Å². The fraction of sp³-hybridized carbons (Fsp3) is 0.250. The molecule has 0 aliphatic carbocycles. The first kappa shape index (κ1) is 12.4. The maximum atomic E-state index is 11.3. The van der Waals surface area contributed by atoms with Gasteiger partial charge in [0.2, 0.25) is 0 Å². The Morgan fingerprint density at radius 2 is 2.25 bits per heavy atom. The molecule has 0 atom stereocenters. The maximum Gasteiger partial charge on any atom is 0.333 e. The fourth-order valence-electron chi connectivity index (χ4n) is 1.01. The summed E-state index contributed by atoms with van der Waals surface area (Å²) in [6, 6.07) is 0. The largest absolute Gasteiger partial charge is 0.468 e. The van der Waals surface area contributed by atoms with Crippen molar-refractivity contribution in [3.63, 3.8) is 0 Å². The summed E-state index contributed by atoms with van der Waals surface area (Å²) in [5.74, 6) is -0.565. The van der Waals surface area contributed by atoms with E-state index in [0.29, 0.717) is 0 Å². The van der Waals surface area contributed by atoms with Crippen LogP contribution < -0.4 is 5.43 Å². The molecule has 0 spiro atoms. The number of hydrogen-bond donors (Lipinski definition) is 0. The van der Waals surface area contributed by atoms with Crippen molar-refractivity contribution in [1.29, 1.82) is 0 Å². The van der Waals surface area contributed by atoms with Crippen molar-refractivity contribution in [3.05, 3.63) is 37.2 Å². The summed E-state index contributed by atoms with van der Waals surface area (Å²) < 4.78 is 5.62. The molecule has 0 aromatic carbocycles. The summed E-state index contributed by atoms with van der Waals surface area (Å²) >= 11 is 2.89. The molecule has 16 heavy (non-hydrogen) atoms. The van der Waals surface area contributed by atoms with Gasteiger partial charge in [0.1, 0.15) is 6.54 Å². The van der Waals surface area contributed by atoms with Crippen LogP contribution in [0.3, 0.4) is 0 Å². The summed E-state index contributed by atoms with van der Waals surface area (Å²) in [5, 5.41) is 10.5. The van der Waals surface area contributed by atoms with Crippen LogP contribution in [0.4, 0.5) is 5.69 Å². The Kier molecular flexibility index (Phi) is 3.78. The van der Waals surface area contributed by atoms with Crippen molar-refractivity contribution in [1.82, 2.24) is 4.57 Å². The zero-order chi connectivity index (χ0) is 12.3. The fourth-order valence-corrected chi connectivity index (χ4v) is 1.48. The molecule has 0 fully saturated rings. The van der Waals surface area contributed by atoms with E-state index < -0.39 is 22.0 Å². The lowest BCUT2D eigenvalue weighted by molar-refractivity contribution is -0.386. The van der Waals surface area contributed by atoms with Gasteiger partial charge in [-0.1, -0.05) is 0 Å². The molecule has 0 amide bonds. The lowest BCUT2D eigenvalue weighted by Gasteiger charge is -2.04. The van der Waals surface area contributed by atoms with Crippen LogP contribution in [0, 0.1) is 10.1 Å². The van der Waals surface area contributed by atoms with E-state index in [1.54, 1.807) is 0 Å². The molecule has 0 unspecified atom stereocenters. The van der Waals surface area contributed by atoms with E-state index in [1.807, 2.05) is 0 Å². The van der Waals surface area contributed by atoms with Crippen LogP contribution in [-0.2, 0) is 16.1 Å². The highest BCUT2D eigenvalue weighted by atomic mass is 79.9. The number of rotatable bonds is 3. The number of esters is 1.